The number of nitrogens with zero attached hydrogens (tertiary/aromatic N) is 1. The first-order chi connectivity index (χ1) is 8.13. The van der Waals surface area contributed by atoms with Gasteiger partial charge >= 0.3 is 0 Å². The highest BCUT2D eigenvalue weighted by molar-refractivity contribution is 5.98. The lowest BCUT2D eigenvalue weighted by Crippen LogP contribution is -2.38. The fourth-order valence-electron chi connectivity index (χ4n) is 2.07. The largest absolute Gasteiger partial charge is 0.490 e. The van der Waals surface area contributed by atoms with Crippen LogP contribution in [0.25, 0.3) is 0 Å². The summed E-state index contributed by atoms with van der Waals surface area (Å²) in [5, 5.41) is 0. The molecule has 0 saturated carbocycles. The van der Waals surface area contributed by atoms with Crippen molar-refractivity contribution in [3.63, 3.8) is 0 Å². The summed E-state index contributed by atoms with van der Waals surface area (Å²) in [7, 11) is 0. The Morgan fingerprint density at radius 2 is 2.29 bits per heavy atom. The third kappa shape index (κ3) is 2.26. The summed E-state index contributed by atoms with van der Waals surface area (Å²) in [6, 6.07) is 5.90. The van der Waals surface area contributed by atoms with Gasteiger partial charge in [0.05, 0.1) is 18.8 Å². The monoisotopic (exact) mass is 234 g/mol. The fourth-order valence-corrected chi connectivity index (χ4v) is 2.07. The summed E-state index contributed by atoms with van der Waals surface area (Å²) in [5.74, 6) is 0.806. The molecule has 1 aliphatic heterocycles. The first kappa shape index (κ1) is 11.9. The maximum Gasteiger partial charge on any atom is 0.176 e. The molecule has 92 valence electrons. The molecular weight excluding hydrogens is 216 g/mol. The van der Waals surface area contributed by atoms with Crippen LogP contribution < -0.4 is 15.4 Å². The van der Waals surface area contributed by atoms with Crippen LogP contribution in [0.2, 0.25) is 0 Å². The van der Waals surface area contributed by atoms with Gasteiger partial charge in [0.1, 0.15) is 12.4 Å². The second-order valence-corrected chi connectivity index (χ2v) is 4.45. The van der Waals surface area contributed by atoms with E-state index in [1.54, 1.807) is 6.07 Å². The minimum Gasteiger partial charge on any atom is -0.490 e. The van der Waals surface area contributed by atoms with Crippen LogP contribution in [-0.2, 0) is 0 Å². The molecule has 0 amide bonds. The van der Waals surface area contributed by atoms with E-state index in [2.05, 4.69) is 18.7 Å². The number of carbonyl (C=O) groups is 1. The van der Waals surface area contributed by atoms with Crippen LogP contribution in [0.15, 0.2) is 18.2 Å². The molecule has 4 heteroatoms. The standard InChI is InChI=1S/C13H18N2O2/c1-9(2)15-5-6-17-13-4-3-10(7-11(13)15)12(16)8-14/h3-4,7,9H,5-6,8,14H2,1-2H3. The van der Waals surface area contributed by atoms with Crippen molar-refractivity contribution in [3.8, 4) is 5.75 Å². The molecule has 0 saturated heterocycles. The van der Waals surface area contributed by atoms with E-state index in [1.807, 2.05) is 12.1 Å². The van der Waals surface area contributed by atoms with Crippen molar-refractivity contribution in [2.75, 3.05) is 24.6 Å². The van der Waals surface area contributed by atoms with Gasteiger partial charge in [-0.2, -0.15) is 0 Å². The molecule has 0 aromatic heterocycles. The molecule has 1 aromatic rings. The topological polar surface area (TPSA) is 55.6 Å². The number of hydrogen-bond acceptors (Lipinski definition) is 4. The summed E-state index contributed by atoms with van der Waals surface area (Å²) in [4.78, 5) is 13.8. The van der Waals surface area contributed by atoms with E-state index in [4.69, 9.17) is 10.5 Å². The van der Waals surface area contributed by atoms with Crippen molar-refractivity contribution < 1.29 is 9.53 Å². The summed E-state index contributed by atoms with van der Waals surface area (Å²) in [6.45, 7) is 5.85. The number of ketones is 1. The summed E-state index contributed by atoms with van der Waals surface area (Å²) in [6.07, 6.45) is 0. The van der Waals surface area contributed by atoms with E-state index in [0.717, 1.165) is 18.0 Å². The maximum absolute atomic E-state index is 11.6. The Bertz CT molecular complexity index is 429. The molecular formula is C13H18N2O2. The molecule has 1 aromatic carbocycles. The molecule has 1 heterocycles. The van der Waals surface area contributed by atoms with Crippen molar-refractivity contribution in [1.29, 1.82) is 0 Å². The smallest absolute Gasteiger partial charge is 0.176 e. The van der Waals surface area contributed by atoms with Crippen LogP contribution in [-0.4, -0.2) is 31.5 Å². The van der Waals surface area contributed by atoms with Gasteiger partial charge in [-0.3, -0.25) is 4.79 Å². The van der Waals surface area contributed by atoms with E-state index in [0.29, 0.717) is 18.2 Å². The minimum absolute atomic E-state index is 0.0397. The van der Waals surface area contributed by atoms with Crippen molar-refractivity contribution in [3.05, 3.63) is 23.8 Å². The number of rotatable bonds is 3. The second-order valence-electron chi connectivity index (χ2n) is 4.45. The van der Waals surface area contributed by atoms with Crippen molar-refractivity contribution in [2.24, 2.45) is 5.73 Å². The maximum atomic E-state index is 11.6. The molecule has 2 rings (SSSR count). The Morgan fingerprint density at radius 3 is 2.94 bits per heavy atom. The van der Waals surface area contributed by atoms with Crippen LogP contribution >= 0.6 is 0 Å². The highest BCUT2D eigenvalue weighted by Crippen LogP contribution is 2.33. The number of anilines is 1. The minimum atomic E-state index is -0.0397. The molecule has 17 heavy (non-hydrogen) atoms. The van der Waals surface area contributed by atoms with E-state index in [1.165, 1.54) is 0 Å². The van der Waals surface area contributed by atoms with E-state index >= 15 is 0 Å². The van der Waals surface area contributed by atoms with Crippen LogP contribution in [0, 0.1) is 0 Å². The highest BCUT2D eigenvalue weighted by atomic mass is 16.5. The van der Waals surface area contributed by atoms with Gasteiger partial charge in [-0.1, -0.05) is 0 Å². The molecule has 0 atom stereocenters. The Balaban J connectivity index is 2.40. The zero-order valence-electron chi connectivity index (χ0n) is 10.3. The van der Waals surface area contributed by atoms with Gasteiger partial charge in [0.25, 0.3) is 0 Å². The lowest BCUT2D eigenvalue weighted by atomic mass is 10.1. The van der Waals surface area contributed by atoms with Crippen molar-refractivity contribution in [2.45, 2.75) is 19.9 Å². The molecule has 0 aliphatic carbocycles. The zero-order valence-corrected chi connectivity index (χ0v) is 10.3. The van der Waals surface area contributed by atoms with Crippen LogP contribution in [0.5, 0.6) is 5.75 Å². The number of nitrogens with two attached hydrogens (primary N) is 1. The molecule has 0 radical (unpaired) electrons. The number of carbonyl (C=O) groups excluding carboxylic acids is 1. The highest BCUT2D eigenvalue weighted by Gasteiger charge is 2.21. The number of Topliss-reactive ketones (excluding diaryl/α,β-unsaturated/α-hetero) is 1. The van der Waals surface area contributed by atoms with Gasteiger partial charge in [-0.05, 0) is 32.0 Å². The number of hydrogen-bond donors (Lipinski definition) is 1. The Hall–Kier alpha value is -1.55. The molecule has 0 bridgehead atoms. The molecule has 0 fully saturated rings. The predicted octanol–water partition coefficient (Wildman–Crippen LogP) is 1.44. The SMILES string of the molecule is CC(C)N1CCOc2ccc(C(=O)CN)cc21. The van der Waals surface area contributed by atoms with E-state index in [-0.39, 0.29) is 12.3 Å². The number of fused-ring (bicyclic) bond motifs is 1. The van der Waals surface area contributed by atoms with E-state index < -0.39 is 0 Å². The summed E-state index contributed by atoms with van der Waals surface area (Å²) < 4.78 is 5.59. The van der Waals surface area contributed by atoms with Gasteiger partial charge in [0, 0.05) is 11.6 Å². The van der Waals surface area contributed by atoms with Gasteiger partial charge in [0.2, 0.25) is 0 Å². The average Bonchev–Trinajstić information content (AvgIpc) is 2.36. The third-order valence-corrected chi connectivity index (χ3v) is 2.99. The molecule has 4 nitrogen and oxygen atoms in total. The normalized spacial score (nSPS) is 14.5. The molecule has 1 aliphatic rings. The first-order valence-electron chi connectivity index (χ1n) is 5.90. The van der Waals surface area contributed by atoms with Crippen LogP contribution in [0.3, 0.4) is 0 Å². The van der Waals surface area contributed by atoms with Crippen molar-refractivity contribution >= 4 is 11.5 Å². The number of ether oxygens (including phenoxy) is 1. The first-order valence-corrected chi connectivity index (χ1v) is 5.90. The quantitative estimate of drug-likeness (QED) is 0.804. The summed E-state index contributed by atoms with van der Waals surface area (Å²) >= 11 is 0. The van der Waals surface area contributed by atoms with Crippen molar-refractivity contribution in [1.82, 2.24) is 0 Å². The zero-order chi connectivity index (χ0) is 12.4. The predicted molar refractivity (Wildman–Crippen MR) is 67.8 cm³/mol. The third-order valence-electron chi connectivity index (χ3n) is 2.99. The molecule has 2 N–H and O–H groups in total. The van der Waals surface area contributed by atoms with Gasteiger partial charge in [-0.25, -0.2) is 0 Å². The lowest BCUT2D eigenvalue weighted by molar-refractivity contribution is 0.100. The van der Waals surface area contributed by atoms with Gasteiger partial charge in [-0.15, -0.1) is 0 Å². The number of benzene rings is 1. The Morgan fingerprint density at radius 1 is 1.53 bits per heavy atom. The Kier molecular flexibility index (Phi) is 3.33. The average molecular weight is 234 g/mol. The van der Waals surface area contributed by atoms with Crippen LogP contribution in [0.1, 0.15) is 24.2 Å². The lowest BCUT2D eigenvalue weighted by Gasteiger charge is -2.34. The van der Waals surface area contributed by atoms with E-state index in [9.17, 15) is 4.79 Å². The van der Waals surface area contributed by atoms with Crippen LogP contribution in [0.4, 0.5) is 5.69 Å². The second kappa shape index (κ2) is 4.75. The summed E-state index contributed by atoms with van der Waals surface area (Å²) in [5.41, 5.74) is 7.03. The Labute approximate surface area is 101 Å². The van der Waals surface area contributed by atoms with Gasteiger partial charge < -0.3 is 15.4 Å². The molecule has 0 unspecified atom stereocenters. The van der Waals surface area contributed by atoms with Gasteiger partial charge in [0.15, 0.2) is 5.78 Å². The molecule has 0 spiro atoms. The fraction of sp³-hybridized carbons (Fsp3) is 0.462.